The summed E-state index contributed by atoms with van der Waals surface area (Å²) in [4.78, 5) is 74.6. The summed E-state index contributed by atoms with van der Waals surface area (Å²) in [5.74, 6) is -2.59. The van der Waals surface area contributed by atoms with Gasteiger partial charge >= 0.3 is 12.0 Å². The van der Waals surface area contributed by atoms with E-state index >= 15 is 0 Å². The average molecular weight is 536 g/mol. The predicted molar refractivity (Wildman–Crippen MR) is 127 cm³/mol. The van der Waals surface area contributed by atoms with Gasteiger partial charge in [-0.25, -0.2) is 19.8 Å². The minimum atomic E-state index is -1.32. The van der Waals surface area contributed by atoms with Crippen LogP contribution in [0.4, 0.5) is 4.79 Å². The summed E-state index contributed by atoms with van der Waals surface area (Å²) in [5.41, 5.74) is 2.53. The van der Waals surface area contributed by atoms with Crippen molar-refractivity contribution in [2.75, 3.05) is 34.4 Å². The molecule has 2 aliphatic rings. The van der Waals surface area contributed by atoms with Gasteiger partial charge in [0.1, 0.15) is 12.3 Å². The minimum absolute atomic E-state index is 0.0650. The van der Waals surface area contributed by atoms with Gasteiger partial charge in [0.25, 0.3) is 5.91 Å². The van der Waals surface area contributed by atoms with Gasteiger partial charge in [-0.2, -0.15) is 0 Å². The number of carbonyl (C=O) groups is 6. The van der Waals surface area contributed by atoms with Crippen LogP contribution in [0.2, 0.25) is 0 Å². The van der Waals surface area contributed by atoms with Gasteiger partial charge in [0.15, 0.2) is 11.5 Å². The Morgan fingerprint density at radius 1 is 1.11 bits per heavy atom. The highest BCUT2D eigenvalue weighted by Crippen LogP contribution is 2.38. The van der Waals surface area contributed by atoms with Crippen LogP contribution in [0.3, 0.4) is 0 Å². The molecule has 1 aromatic carbocycles. The fraction of sp³-hybridized carbons (Fsp3) is 0.478. The Hall–Kier alpha value is -4.56. The third-order valence-corrected chi connectivity index (χ3v) is 6.02. The van der Waals surface area contributed by atoms with Crippen molar-refractivity contribution in [3.8, 4) is 17.2 Å². The van der Waals surface area contributed by atoms with E-state index in [0.29, 0.717) is 6.42 Å². The molecule has 2 atom stereocenters. The largest absolute Gasteiger partial charge is 0.493 e. The highest BCUT2D eigenvalue weighted by Gasteiger charge is 2.44. The first kappa shape index (κ1) is 28.0. The number of hydrogen-bond donors (Lipinski definition) is 3. The SMILES string of the molecule is COc1cc(C(=O)NN2CCC(=O)N3CCC[C@@H](C(=O)NC(C=O)CC(=O)O)N3C2=O)cc(OC)c1OC. The Kier molecular flexibility index (Phi) is 8.94. The monoisotopic (exact) mass is 535 g/mol. The number of benzene rings is 1. The number of fused-ring (bicyclic) bond motifs is 1. The molecule has 3 N–H and O–H groups in total. The molecule has 0 bridgehead atoms. The minimum Gasteiger partial charge on any atom is -0.493 e. The van der Waals surface area contributed by atoms with Crippen molar-refractivity contribution >= 4 is 36.0 Å². The Morgan fingerprint density at radius 3 is 2.32 bits per heavy atom. The molecule has 0 aromatic heterocycles. The van der Waals surface area contributed by atoms with Gasteiger partial charge in [-0.15, -0.1) is 0 Å². The molecule has 15 heteroatoms. The van der Waals surface area contributed by atoms with Crippen LogP contribution in [0.15, 0.2) is 12.1 Å². The fourth-order valence-corrected chi connectivity index (χ4v) is 4.22. The van der Waals surface area contributed by atoms with E-state index < -0.39 is 48.2 Å². The van der Waals surface area contributed by atoms with Crippen LogP contribution in [0.25, 0.3) is 0 Å². The Bertz CT molecular complexity index is 1100. The molecule has 206 valence electrons. The second kappa shape index (κ2) is 12.1. The zero-order chi connectivity index (χ0) is 28.0. The molecule has 5 amide bonds. The van der Waals surface area contributed by atoms with Crippen LogP contribution in [0, 0.1) is 0 Å². The maximum Gasteiger partial charge on any atom is 0.358 e. The molecule has 0 saturated carbocycles. The molecule has 38 heavy (non-hydrogen) atoms. The first-order valence-corrected chi connectivity index (χ1v) is 11.6. The van der Waals surface area contributed by atoms with Crippen molar-refractivity contribution in [3.63, 3.8) is 0 Å². The molecule has 0 aliphatic carbocycles. The molecule has 0 spiro atoms. The molecule has 2 aliphatic heterocycles. The Labute approximate surface area is 217 Å². The van der Waals surface area contributed by atoms with Gasteiger partial charge in [0.2, 0.25) is 17.6 Å². The number of carbonyl (C=O) groups excluding carboxylic acids is 5. The topological polar surface area (TPSA) is 184 Å². The molecule has 15 nitrogen and oxygen atoms in total. The third-order valence-electron chi connectivity index (χ3n) is 6.02. The van der Waals surface area contributed by atoms with E-state index in [2.05, 4.69) is 10.7 Å². The second-order valence-electron chi connectivity index (χ2n) is 8.41. The number of hydrazine groups is 2. The maximum absolute atomic E-state index is 13.5. The lowest BCUT2D eigenvalue weighted by Gasteiger charge is -2.42. The van der Waals surface area contributed by atoms with Gasteiger partial charge in [-0.1, -0.05) is 0 Å². The normalized spacial score (nSPS) is 18.1. The number of rotatable bonds is 10. The highest BCUT2D eigenvalue weighted by molar-refractivity contribution is 5.98. The van der Waals surface area contributed by atoms with Crippen molar-refractivity contribution in [3.05, 3.63) is 17.7 Å². The van der Waals surface area contributed by atoms with Gasteiger partial charge in [-0.3, -0.25) is 24.6 Å². The molecule has 1 aromatic rings. The molecular formula is C23H29N5O10. The van der Waals surface area contributed by atoms with Crippen molar-refractivity contribution < 1.29 is 48.1 Å². The molecule has 2 heterocycles. The number of urea groups is 1. The number of nitrogens with zero attached hydrogens (tertiary/aromatic N) is 3. The quantitative estimate of drug-likeness (QED) is 0.332. The lowest BCUT2D eigenvalue weighted by atomic mass is 10.1. The van der Waals surface area contributed by atoms with E-state index in [9.17, 15) is 28.8 Å². The number of nitrogens with one attached hydrogen (secondary N) is 2. The number of methoxy groups -OCH3 is 3. The summed E-state index contributed by atoms with van der Waals surface area (Å²) in [6, 6.07) is -0.609. The molecule has 2 fully saturated rings. The van der Waals surface area contributed by atoms with Crippen molar-refractivity contribution in [2.24, 2.45) is 0 Å². The van der Waals surface area contributed by atoms with Crippen molar-refractivity contribution in [1.29, 1.82) is 0 Å². The number of ether oxygens (including phenoxy) is 3. The summed E-state index contributed by atoms with van der Waals surface area (Å²) >= 11 is 0. The second-order valence-corrected chi connectivity index (χ2v) is 8.41. The summed E-state index contributed by atoms with van der Waals surface area (Å²) in [6.45, 7) is -0.0135. The van der Waals surface area contributed by atoms with Gasteiger partial charge < -0.3 is 29.4 Å². The van der Waals surface area contributed by atoms with Crippen molar-refractivity contribution in [2.45, 2.75) is 37.8 Å². The molecule has 1 unspecified atom stereocenters. The lowest BCUT2D eigenvalue weighted by Crippen LogP contribution is -2.64. The molecular weight excluding hydrogens is 506 g/mol. The van der Waals surface area contributed by atoms with E-state index in [1.165, 1.54) is 33.5 Å². The van der Waals surface area contributed by atoms with Crippen LogP contribution in [0.5, 0.6) is 17.2 Å². The van der Waals surface area contributed by atoms with E-state index in [-0.39, 0.29) is 55.0 Å². The third kappa shape index (κ3) is 5.87. The lowest BCUT2D eigenvalue weighted by molar-refractivity contribution is -0.155. The summed E-state index contributed by atoms with van der Waals surface area (Å²) < 4.78 is 15.8. The number of aldehydes is 1. The van der Waals surface area contributed by atoms with E-state index in [4.69, 9.17) is 19.3 Å². The Morgan fingerprint density at radius 2 is 1.76 bits per heavy atom. The Balaban J connectivity index is 1.86. The summed E-state index contributed by atoms with van der Waals surface area (Å²) in [5, 5.41) is 14.2. The van der Waals surface area contributed by atoms with Crippen LogP contribution < -0.4 is 25.0 Å². The number of carboxylic acids is 1. The first-order valence-electron chi connectivity index (χ1n) is 11.6. The van der Waals surface area contributed by atoms with Gasteiger partial charge in [-0.05, 0) is 25.0 Å². The zero-order valence-electron chi connectivity index (χ0n) is 21.1. The van der Waals surface area contributed by atoms with E-state index in [1.807, 2.05) is 0 Å². The number of carboxylic acid groups (broad SMARTS) is 1. The standard InChI is InChI=1S/C23H29N5O10/c1-36-16-9-13(10-17(37-2)20(16)38-3)21(33)25-26-8-6-18(30)27-7-4-5-15(28(27)23(26)35)22(34)24-14(12-29)11-19(31)32/h9-10,12,14-15H,4-8,11H2,1-3H3,(H,24,34)(H,25,33)(H,31,32)/t14?,15-/m0/s1. The molecule has 2 saturated heterocycles. The molecule has 3 rings (SSSR count). The van der Waals surface area contributed by atoms with Crippen LogP contribution in [0.1, 0.15) is 36.0 Å². The average Bonchev–Trinajstić information content (AvgIpc) is 3.03. The summed E-state index contributed by atoms with van der Waals surface area (Å²) in [6.07, 6.45) is 0.0360. The fourth-order valence-electron chi connectivity index (χ4n) is 4.22. The smallest absolute Gasteiger partial charge is 0.358 e. The number of aliphatic carboxylic acids is 1. The van der Waals surface area contributed by atoms with Crippen molar-refractivity contribution in [1.82, 2.24) is 25.8 Å². The predicted octanol–water partition coefficient (Wildman–Crippen LogP) is -0.451. The van der Waals surface area contributed by atoms with Crippen LogP contribution >= 0.6 is 0 Å². The summed E-state index contributed by atoms with van der Waals surface area (Å²) in [7, 11) is 4.16. The van der Waals surface area contributed by atoms with E-state index in [0.717, 1.165) is 15.0 Å². The molecule has 0 radical (unpaired) electrons. The number of hydrogen-bond acceptors (Lipinski definition) is 9. The highest BCUT2D eigenvalue weighted by atomic mass is 16.5. The first-order chi connectivity index (χ1) is 18.1. The van der Waals surface area contributed by atoms with Gasteiger partial charge in [0, 0.05) is 18.5 Å². The maximum atomic E-state index is 13.5. The zero-order valence-corrected chi connectivity index (χ0v) is 21.1. The number of amides is 5. The van der Waals surface area contributed by atoms with Crippen LogP contribution in [-0.2, 0) is 19.2 Å². The van der Waals surface area contributed by atoms with E-state index in [1.54, 1.807) is 0 Å². The van der Waals surface area contributed by atoms with Gasteiger partial charge in [0.05, 0.1) is 40.3 Å². The van der Waals surface area contributed by atoms with Crippen LogP contribution in [-0.4, -0.2) is 103 Å².